The van der Waals surface area contributed by atoms with Crippen molar-refractivity contribution in [2.24, 2.45) is 11.7 Å². The molecule has 1 aliphatic carbocycles. The summed E-state index contributed by atoms with van der Waals surface area (Å²) in [4.78, 5) is 13.5. The molecule has 4 heteroatoms. The Balaban J connectivity index is 2.43. The van der Waals surface area contributed by atoms with Gasteiger partial charge in [-0.2, -0.15) is 0 Å². The lowest BCUT2D eigenvalue weighted by Crippen LogP contribution is -2.49. The molecule has 0 aromatic heterocycles. The van der Waals surface area contributed by atoms with Crippen LogP contribution < -0.4 is 11.1 Å². The third kappa shape index (κ3) is 4.18. The Morgan fingerprint density at radius 3 is 2.47 bits per heavy atom. The minimum Gasteiger partial charge on any atom is -0.368 e. The average Bonchev–Trinajstić information content (AvgIpc) is 2.94. The molecular weight excluding hydrogens is 190 g/mol. The van der Waals surface area contributed by atoms with E-state index in [2.05, 4.69) is 24.1 Å². The molecule has 0 aromatic carbocycles. The van der Waals surface area contributed by atoms with Crippen LogP contribution in [0.1, 0.15) is 26.7 Å². The molecule has 0 saturated heterocycles. The number of primary amides is 1. The molecule has 1 saturated carbocycles. The molecule has 0 heterocycles. The van der Waals surface area contributed by atoms with Crippen LogP contribution in [-0.2, 0) is 4.79 Å². The molecule has 3 N–H and O–H groups in total. The fourth-order valence-corrected chi connectivity index (χ4v) is 1.69. The number of nitrogens with zero attached hydrogens (tertiary/aromatic N) is 1. The first-order valence-electron chi connectivity index (χ1n) is 5.75. The fourth-order valence-electron chi connectivity index (χ4n) is 1.69. The summed E-state index contributed by atoms with van der Waals surface area (Å²) in [5, 5.41) is 2.96. The number of hydrogen-bond donors (Lipinski definition) is 2. The first-order valence-corrected chi connectivity index (χ1v) is 5.75. The van der Waals surface area contributed by atoms with Crippen molar-refractivity contribution in [3.8, 4) is 0 Å². The van der Waals surface area contributed by atoms with Gasteiger partial charge in [-0.25, -0.2) is 0 Å². The van der Waals surface area contributed by atoms with E-state index in [9.17, 15) is 4.79 Å². The van der Waals surface area contributed by atoms with Crippen molar-refractivity contribution < 1.29 is 4.79 Å². The van der Waals surface area contributed by atoms with Gasteiger partial charge < -0.3 is 11.1 Å². The van der Waals surface area contributed by atoms with Crippen molar-refractivity contribution in [3.05, 3.63) is 0 Å². The maximum atomic E-state index is 11.1. The molecule has 0 bridgehead atoms. The summed E-state index contributed by atoms with van der Waals surface area (Å²) < 4.78 is 0. The van der Waals surface area contributed by atoms with Crippen molar-refractivity contribution in [1.29, 1.82) is 0 Å². The summed E-state index contributed by atoms with van der Waals surface area (Å²) in [5.74, 6) is 0.580. The lowest BCUT2D eigenvalue weighted by Gasteiger charge is -2.29. The van der Waals surface area contributed by atoms with Gasteiger partial charge in [-0.3, -0.25) is 9.69 Å². The van der Waals surface area contributed by atoms with Gasteiger partial charge in [0.1, 0.15) is 0 Å². The van der Waals surface area contributed by atoms with E-state index in [4.69, 9.17) is 5.73 Å². The van der Waals surface area contributed by atoms with Crippen LogP contribution in [0, 0.1) is 5.92 Å². The van der Waals surface area contributed by atoms with Gasteiger partial charge in [0.15, 0.2) is 0 Å². The van der Waals surface area contributed by atoms with Gasteiger partial charge in [0, 0.05) is 19.1 Å². The average molecular weight is 213 g/mol. The predicted molar refractivity (Wildman–Crippen MR) is 61.5 cm³/mol. The fraction of sp³-hybridized carbons (Fsp3) is 0.909. The highest BCUT2D eigenvalue weighted by Crippen LogP contribution is 2.30. The molecule has 15 heavy (non-hydrogen) atoms. The number of hydrogen-bond acceptors (Lipinski definition) is 3. The zero-order chi connectivity index (χ0) is 11.4. The van der Waals surface area contributed by atoms with Crippen LogP contribution >= 0.6 is 0 Å². The van der Waals surface area contributed by atoms with Gasteiger partial charge in [0.2, 0.25) is 5.91 Å². The molecule has 0 aliphatic heterocycles. The van der Waals surface area contributed by atoms with Crippen LogP contribution in [0.2, 0.25) is 0 Å². The Morgan fingerprint density at radius 2 is 2.13 bits per heavy atom. The van der Waals surface area contributed by atoms with Gasteiger partial charge in [-0.1, -0.05) is 0 Å². The lowest BCUT2D eigenvalue weighted by molar-refractivity contribution is -0.120. The number of likely N-dealkylation sites (N-methyl/N-ethyl adjacent to an activating group) is 1. The molecule has 1 amide bonds. The van der Waals surface area contributed by atoms with Gasteiger partial charge >= 0.3 is 0 Å². The van der Waals surface area contributed by atoms with Crippen LogP contribution in [-0.4, -0.2) is 43.0 Å². The van der Waals surface area contributed by atoms with E-state index in [1.165, 1.54) is 12.8 Å². The van der Waals surface area contributed by atoms with Crippen molar-refractivity contribution in [3.63, 3.8) is 0 Å². The molecule has 0 radical (unpaired) electrons. The van der Waals surface area contributed by atoms with Crippen molar-refractivity contribution in [2.45, 2.75) is 38.8 Å². The Morgan fingerprint density at radius 1 is 1.53 bits per heavy atom. The predicted octanol–water partition coefficient (Wildman–Crippen LogP) is 0.180. The molecule has 88 valence electrons. The molecule has 1 atom stereocenters. The standard InChI is InChI=1S/C11H23N3O/c1-8(2)14(6-9-4-5-9)7-10(13-3)11(12)15/h8-10,13H,4-7H2,1-3H3,(H2,12,15). The van der Waals surface area contributed by atoms with Crippen molar-refractivity contribution >= 4 is 5.91 Å². The molecule has 1 aliphatic rings. The minimum absolute atomic E-state index is 0.230. The van der Waals surface area contributed by atoms with E-state index in [1.54, 1.807) is 7.05 Å². The van der Waals surface area contributed by atoms with E-state index < -0.39 is 0 Å². The zero-order valence-electron chi connectivity index (χ0n) is 9.99. The second-order valence-electron chi connectivity index (χ2n) is 4.73. The van der Waals surface area contributed by atoms with Crippen molar-refractivity contribution in [1.82, 2.24) is 10.2 Å². The highest BCUT2D eigenvalue weighted by Gasteiger charge is 2.27. The maximum Gasteiger partial charge on any atom is 0.235 e. The number of nitrogens with one attached hydrogen (secondary N) is 1. The highest BCUT2D eigenvalue weighted by molar-refractivity contribution is 5.80. The summed E-state index contributed by atoms with van der Waals surface area (Å²) in [6, 6.07) is 0.243. The number of amides is 1. The van der Waals surface area contributed by atoms with Crippen LogP contribution in [0.5, 0.6) is 0 Å². The van der Waals surface area contributed by atoms with E-state index in [0.717, 1.165) is 19.0 Å². The second kappa shape index (κ2) is 5.47. The third-order valence-electron chi connectivity index (χ3n) is 3.03. The first kappa shape index (κ1) is 12.5. The number of carbonyl (C=O) groups is 1. The normalized spacial score (nSPS) is 18.5. The summed E-state index contributed by atoms with van der Waals surface area (Å²) in [7, 11) is 1.78. The SMILES string of the molecule is CNC(CN(CC1CC1)C(C)C)C(N)=O. The Hall–Kier alpha value is -0.610. The van der Waals surface area contributed by atoms with Gasteiger partial charge in [-0.15, -0.1) is 0 Å². The van der Waals surface area contributed by atoms with Crippen LogP contribution in [0.15, 0.2) is 0 Å². The van der Waals surface area contributed by atoms with Crippen LogP contribution in [0.4, 0.5) is 0 Å². The largest absolute Gasteiger partial charge is 0.368 e. The second-order valence-corrected chi connectivity index (χ2v) is 4.73. The highest BCUT2D eigenvalue weighted by atomic mass is 16.1. The number of carbonyl (C=O) groups excluding carboxylic acids is 1. The van der Waals surface area contributed by atoms with Gasteiger partial charge in [0.05, 0.1) is 6.04 Å². The monoisotopic (exact) mass is 213 g/mol. The summed E-state index contributed by atoms with van der Waals surface area (Å²) >= 11 is 0. The van der Waals surface area contributed by atoms with Crippen LogP contribution in [0.3, 0.4) is 0 Å². The van der Waals surface area contributed by atoms with E-state index in [-0.39, 0.29) is 11.9 Å². The Bertz CT molecular complexity index is 214. The summed E-state index contributed by atoms with van der Waals surface area (Å²) in [5.41, 5.74) is 5.31. The molecule has 0 spiro atoms. The lowest BCUT2D eigenvalue weighted by atomic mass is 10.2. The number of rotatable bonds is 7. The van der Waals surface area contributed by atoms with Gasteiger partial charge in [0.25, 0.3) is 0 Å². The molecule has 4 nitrogen and oxygen atoms in total. The summed E-state index contributed by atoms with van der Waals surface area (Å²) in [6.07, 6.45) is 2.67. The van der Waals surface area contributed by atoms with Crippen molar-refractivity contribution in [2.75, 3.05) is 20.1 Å². The minimum atomic E-state index is -0.265. The zero-order valence-corrected chi connectivity index (χ0v) is 9.99. The number of nitrogens with two attached hydrogens (primary N) is 1. The molecular formula is C11H23N3O. The quantitative estimate of drug-likeness (QED) is 0.634. The van der Waals surface area contributed by atoms with E-state index in [1.807, 2.05) is 0 Å². The first-order chi connectivity index (χ1) is 7.04. The van der Waals surface area contributed by atoms with E-state index in [0.29, 0.717) is 6.04 Å². The maximum absolute atomic E-state index is 11.1. The summed E-state index contributed by atoms with van der Waals surface area (Å²) in [6.45, 7) is 6.15. The molecule has 1 fully saturated rings. The molecule has 0 aromatic rings. The van der Waals surface area contributed by atoms with E-state index >= 15 is 0 Å². The molecule has 1 rings (SSSR count). The molecule has 1 unspecified atom stereocenters. The third-order valence-corrected chi connectivity index (χ3v) is 3.03. The Kier molecular flexibility index (Phi) is 4.54. The van der Waals surface area contributed by atoms with Gasteiger partial charge in [-0.05, 0) is 39.7 Å². The Labute approximate surface area is 92.2 Å². The van der Waals surface area contributed by atoms with Crippen LogP contribution in [0.25, 0.3) is 0 Å². The smallest absolute Gasteiger partial charge is 0.235 e. The topological polar surface area (TPSA) is 58.4 Å².